The fraction of sp³-hybridized carbons (Fsp3) is 0.227. The highest BCUT2D eigenvalue weighted by Gasteiger charge is 2.15. The van der Waals surface area contributed by atoms with Crippen molar-refractivity contribution in [2.24, 2.45) is 0 Å². The number of amides is 1. The molecular weight excluding hydrogens is 461 g/mol. The molecule has 0 aliphatic carbocycles. The molecule has 6 nitrogen and oxygen atoms in total. The Bertz CT molecular complexity index is 1080. The van der Waals surface area contributed by atoms with Gasteiger partial charge in [-0.1, -0.05) is 48.7 Å². The monoisotopic (exact) mass is 479 g/mol. The van der Waals surface area contributed by atoms with E-state index in [0.717, 1.165) is 11.3 Å². The summed E-state index contributed by atoms with van der Waals surface area (Å²) in [6.07, 6.45) is 2.88. The standard InChI is InChI=1S/C22H20Cl3N3O3/c1-12(2)16-9-15(4-5-19(16)30-3)31-22-17(23)6-13(7-18(22)24)28-21(29)8-14-10-26-11-20(25)27-14/h4-7,9-12H,8H2,1-3H3,(H,28,29). The van der Waals surface area contributed by atoms with Gasteiger partial charge in [0.2, 0.25) is 5.91 Å². The molecule has 0 fully saturated rings. The van der Waals surface area contributed by atoms with E-state index >= 15 is 0 Å². The first kappa shape index (κ1) is 23.1. The molecule has 0 saturated heterocycles. The second kappa shape index (κ2) is 10.2. The summed E-state index contributed by atoms with van der Waals surface area (Å²) in [6.45, 7) is 4.13. The predicted molar refractivity (Wildman–Crippen MR) is 123 cm³/mol. The van der Waals surface area contributed by atoms with Crippen molar-refractivity contribution in [3.05, 3.63) is 69.2 Å². The molecule has 0 saturated carbocycles. The topological polar surface area (TPSA) is 73.3 Å². The molecule has 3 aromatic rings. The van der Waals surface area contributed by atoms with Gasteiger partial charge >= 0.3 is 0 Å². The van der Waals surface area contributed by atoms with Crippen molar-refractivity contribution in [2.75, 3.05) is 12.4 Å². The number of nitrogens with one attached hydrogen (secondary N) is 1. The van der Waals surface area contributed by atoms with Gasteiger partial charge in [0, 0.05) is 17.4 Å². The summed E-state index contributed by atoms with van der Waals surface area (Å²) in [4.78, 5) is 20.3. The first-order valence-electron chi connectivity index (χ1n) is 9.38. The normalized spacial score (nSPS) is 10.8. The predicted octanol–water partition coefficient (Wildman–Crippen LogP) is 6.54. The van der Waals surface area contributed by atoms with E-state index in [1.54, 1.807) is 25.3 Å². The number of hydrogen-bond acceptors (Lipinski definition) is 5. The number of aromatic nitrogens is 2. The largest absolute Gasteiger partial charge is 0.496 e. The van der Waals surface area contributed by atoms with Crippen LogP contribution in [0.15, 0.2) is 42.7 Å². The highest BCUT2D eigenvalue weighted by Crippen LogP contribution is 2.40. The van der Waals surface area contributed by atoms with Crippen LogP contribution in [0.4, 0.5) is 5.69 Å². The highest BCUT2D eigenvalue weighted by atomic mass is 35.5. The van der Waals surface area contributed by atoms with Crippen LogP contribution in [0.5, 0.6) is 17.2 Å². The Balaban J connectivity index is 1.76. The molecule has 2 aromatic carbocycles. The minimum absolute atomic E-state index is 0.00484. The van der Waals surface area contributed by atoms with Crippen molar-refractivity contribution < 1.29 is 14.3 Å². The van der Waals surface area contributed by atoms with Crippen LogP contribution in [0.1, 0.15) is 31.0 Å². The molecule has 0 radical (unpaired) electrons. The lowest BCUT2D eigenvalue weighted by Gasteiger charge is -2.16. The van der Waals surface area contributed by atoms with Crippen LogP contribution in [-0.2, 0) is 11.2 Å². The lowest BCUT2D eigenvalue weighted by atomic mass is 10.0. The second-order valence-corrected chi connectivity index (χ2v) is 8.19. The summed E-state index contributed by atoms with van der Waals surface area (Å²) in [5.41, 5.74) is 1.88. The average Bonchev–Trinajstić information content (AvgIpc) is 2.70. The Morgan fingerprint density at radius 2 is 1.81 bits per heavy atom. The van der Waals surface area contributed by atoms with Gasteiger partial charge < -0.3 is 14.8 Å². The number of carbonyl (C=O) groups excluding carboxylic acids is 1. The number of methoxy groups -OCH3 is 1. The van der Waals surface area contributed by atoms with E-state index in [0.29, 0.717) is 22.9 Å². The number of carbonyl (C=O) groups is 1. The van der Waals surface area contributed by atoms with Crippen molar-refractivity contribution in [2.45, 2.75) is 26.2 Å². The van der Waals surface area contributed by atoms with E-state index in [4.69, 9.17) is 44.3 Å². The zero-order valence-electron chi connectivity index (χ0n) is 17.1. The van der Waals surface area contributed by atoms with Crippen molar-refractivity contribution in [1.29, 1.82) is 0 Å². The van der Waals surface area contributed by atoms with Crippen molar-refractivity contribution >= 4 is 46.4 Å². The molecule has 0 unspecified atom stereocenters. The van der Waals surface area contributed by atoms with Gasteiger partial charge in [-0.25, -0.2) is 4.98 Å². The number of nitrogens with zero attached hydrogens (tertiary/aromatic N) is 2. The molecule has 9 heteroatoms. The molecule has 31 heavy (non-hydrogen) atoms. The lowest BCUT2D eigenvalue weighted by Crippen LogP contribution is -2.15. The summed E-state index contributed by atoms with van der Waals surface area (Å²) in [6, 6.07) is 8.63. The molecule has 1 N–H and O–H groups in total. The van der Waals surface area contributed by atoms with Crippen LogP contribution in [0.3, 0.4) is 0 Å². The average molecular weight is 481 g/mol. The minimum Gasteiger partial charge on any atom is -0.496 e. The molecule has 0 bridgehead atoms. The number of rotatable bonds is 7. The minimum atomic E-state index is -0.311. The van der Waals surface area contributed by atoms with Gasteiger partial charge in [-0.15, -0.1) is 0 Å². The van der Waals surface area contributed by atoms with Gasteiger partial charge in [-0.2, -0.15) is 0 Å². The third kappa shape index (κ3) is 6.00. The summed E-state index contributed by atoms with van der Waals surface area (Å²) in [5, 5.41) is 3.46. The number of anilines is 1. The number of hydrogen-bond donors (Lipinski definition) is 1. The fourth-order valence-electron chi connectivity index (χ4n) is 2.91. The van der Waals surface area contributed by atoms with Gasteiger partial charge in [-0.05, 0) is 36.2 Å². The van der Waals surface area contributed by atoms with E-state index < -0.39 is 0 Å². The molecular formula is C22H20Cl3N3O3. The maximum absolute atomic E-state index is 12.3. The highest BCUT2D eigenvalue weighted by molar-refractivity contribution is 6.37. The van der Waals surface area contributed by atoms with E-state index in [1.165, 1.54) is 12.4 Å². The molecule has 0 atom stereocenters. The summed E-state index contributed by atoms with van der Waals surface area (Å²) >= 11 is 18.6. The van der Waals surface area contributed by atoms with Gasteiger partial charge in [0.15, 0.2) is 5.75 Å². The second-order valence-electron chi connectivity index (χ2n) is 6.99. The number of halogens is 3. The maximum atomic E-state index is 12.3. The van der Waals surface area contributed by atoms with Crippen LogP contribution in [0.2, 0.25) is 15.2 Å². The number of benzene rings is 2. The zero-order valence-corrected chi connectivity index (χ0v) is 19.3. The van der Waals surface area contributed by atoms with Crippen LogP contribution in [0.25, 0.3) is 0 Å². The number of ether oxygens (including phenoxy) is 2. The van der Waals surface area contributed by atoms with Crippen molar-refractivity contribution in [3.8, 4) is 17.2 Å². The van der Waals surface area contributed by atoms with Gasteiger partial charge in [0.25, 0.3) is 0 Å². The Hall–Kier alpha value is -2.54. The first-order chi connectivity index (χ1) is 14.8. The van der Waals surface area contributed by atoms with E-state index in [-0.39, 0.29) is 33.4 Å². The van der Waals surface area contributed by atoms with E-state index in [9.17, 15) is 4.79 Å². The summed E-state index contributed by atoms with van der Waals surface area (Å²) in [5.74, 6) is 1.58. The quantitative estimate of drug-likeness (QED) is 0.415. The Kier molecular flexibility index (Phi) is 7.59. The van der Waals surface area contributed by atoms with Gasteiger partial charge in [0.05, 0.1) is 35.5 Å². The van der Waals surface area contributed by atoms with Crippen molar-refractivity contribution in [1.82, 2.24) is 9.97 Å². The SMILES string of the molecule is COc1ccc(Oc2c(Cl)cc(NC(=O)Cc3cncc(Cl)n3)cc2Cl)cc1C(C)C. The van der Waals surface area contributed by atoms with Gasteiger partial charge in [0.1, 0.15) is 16.7 Å². The molecule has 1 heterocycles. The van der Waals surface area contributed by atoms with E-state index in [1.807, 2.05) is 12.1 Å². The Morgan fingerprint density at radius 1 is 1.10 bits per heavy atom. The smallest absolute Gasteiger partial charge is 0.230 e. The molecule has 3 rings (SSSR count). The third-order valence-corrected chi connectivity index (χ3v) is 5.07. The third-order valence-electron chi connectivity index (χ3n) is 4.32. The first-order valence-corrected chi connectivity index (χ1v) is 10.5. The molecule has 0 aliphatic heterocycles. The lowest BCUT2D eigenvalue weighted by molar-refractivity contribution is -0.115. The Morgan fingerprint density at radius 3 is 2.42 bits per heavy atom. The van der Waals surface area contributed by atoms with Crippen LogP contribution < -0.4 is 14.8 Å². The zero-order chi connectivity index (χ0) is 22.5. The van der Waals surface area contributed by atoms with Gasteiger partial charge in [-0.3, -0.25) is 9.78 Å². The summed E-state index contributed by atoms with van der Waals surface area (Å²) < 4.78 is 11.3. The molecule has 1 amide bonds. The fourth-order valence-corrected chi connectivity index (χ4v) is 3.64. The summed E-state index contributed by atoms with van der Waals surface area (Å²) in [7, 11) is 1.63. The maximum Gasteiger partial charge on any atom is 0.230 e. The molecule has 162 valence electrons. The molecule has 0 spiro atoms. The molecule has 1 aromatic heterocycles. The van der Waals surface area contributed by atoms with Crippen LogP contribution >= 0.6 is 34.8 Å². The van der Waals surface area contributed by atoms with Crippen LogP contribution in [-0.4, -0.2) is 23.0 Å². The van der Waals surface area contributed by atoms with E-state index in [2.05, 4.69) is 29.1 Å². The Labute approximate surface area is 195 Å². The van der Waals surface area contributed by atoms with Crippen molar-refractivity contribution in [3.63, 3.8) is 0 Å². The molecule has 0 aliphatic rings. The van der Waals surface area contributed by atoms with Crippen LogP contribution in [0, 0.1) is 0 Å².